The molecule has 1 nitrogen and oxygen atoms in total. The molecule has 0 radical (unpaired) electrons. The van der Waals surface area contributed by atoms with E-state index in [1.807, 2.05) is 12.2 Å². The van der Waals surface area contributed by atoms with Gasteiger partial charge in [-0.2, -0.15) is 13.2 Å². The number of nitrogens with zero attached hydrogens (tertiary/aromatic N) is 1. The third kappa shape index (κ3) is 11.1. The molecular weight excluding hydrogens is 696 g/mol. The van der Waals surface area contributed by atoms with Crippen molar-refractivity contribution in [1.29, 1.82) is 0 Å². The van der Waals surface area contributed by atoms with E-state index in [0.29, 0.717) is 0 Å². The standard InChI is InChI=1S/C52H50F3N/c1-50(2,3)45-27-17-39(18-28-45)8-11-42-23-33-48(34-24-42)56(49-35-25-43(26-36-49)12-9-40-19-29-46(30-20-40)51(4,5)6)47-31-21-41(22-32-47)10-7-38-13-15-44(16-14-38)37-52(53,54)55/h7-36H,37H2,1-6H3/b10-7+,11-8+,12-9+. The van der Waals surface area contributed by atoms with Crippen LogP contribution in [0, 0.1) is 0 Å². The van der Waals surface area contributed by atoms with Crippen LogP contribution in [0.4, 0.5) is 30.2 Å². The van der Waals surface area contributed by atoms with E-state index in [4.69, 9.17) is 0 Å². The van der Waals surface area contributed by atoms with Crippen LogP contribution in [-0.4, -0.2) is 6.18 Å². The summed E-state index contributed by atoms with van der Waals surface area (Å²) in [5.74, 6) is 0. The van der Waals surface area contributed by atoms with Gasteiger partial charge in [0.1, 0.15) is 0 Å². The molecular formula is C52H50F3N. The molecule has 0 bridgehead atoms. The second-order valence-electron chi connectivity index (χ2n) is 16.4. The van der Waals surface area contributed by atoms with E-state index < -0.39 is 12.6 Å². The summed E-state index contributed by atoms with van der Waals surface area (Å²) in [7, 11) is 0. The Kier molecular flexibility index (Phi) is 12.0. The zero-order valence-corrected chi connectivity index (χ0v) is 33.1. The summed E-state index contributed by atoms with van der Waals surface area (Å²) in [4.78, 5) is 2.24. The van der Waals surface area contributed by atoms with Crippen LogP contribution in [0.1, 0.15) is 91.6 Å². The summed E-state index contributed by atoms with van der Waals surface area (Å²) in [5.41, 5.74) is 12.5. The molecule has 0 aliphatic carbocycles. The smallest absolute Gasteiger partial charge is 0.311 e. The minimum absolute atomic E-state index is 0.120. The molecule has 56 heavy (non-hydrogen) atoms. The van der Waals surface area contributed by atoms with E-state index in [0.717, 1.165) is 50.4 Å². The highest BCUT2D eigenvalue weighted by molar-refractivity contribution is 5.80. The highest BCUT2D eigenvalue weighted by atomic mass is 19.4. The van der Waals surface area contributed by atoms with Gasteiger partial charge in [0.25, 0.3) is 0 Å². The van der Waals surface area contributed by atoms with E-state index in [2.05, 4.69) is 192 Å². The monoisotopic (exact) mass is 745 g/mol. The molecule has 284 valence electrons. The Balaban J connectivity index is 1.23. The Morgan fingerprint density at radius 3 is 0.821 bits per heavy atom. The van der Waals surface area contributed by atoms with Crippen molar-refractivity contribution in [2.45, 2.75) is 65.0 Å². The first-order valence-corrected chi connectivity index (χ1v) is 19.1. The van der Waals surface area contributed by atoms with Gasteiger partial charge in [-0.1, -0.05) is 187 Å². The van der Waals surface area contributed by atoms with Crippen LogP contribution in [0.25, 0.3) is 36.5 Å². The van der Waals surface area contributed by atoms with Gasteiger partial charge in [-0.25, -0.2) is 0 Å². The predicted molar refractivity (Wildman–Crippen MR) is 234 cm³/mol. The largest absolute Gasteiger partial charge is 0.393 e. The SMILES string of the molecule is CC(C)(C)c1ccc(/C=C/c2ccc(N(c3ccc(/C=C/c4ccc(CC(F)(F)F)cc4)cc3)c3ccc(/C=C/c4ccc(C(C)(C)C)cc4)cc3)cc2)cc1. The van der Waals surface area contributed by atoms with E-state index >= 15 is 0 Å². The average Bonchev–Trinajstić information content (AvgIpc) is 3.17. The highest BCUT2D eigenvalue weighted by Crippen LogP contribution is 2.36. The number of alkyl halides is 3. The van der Waals surface area contributed by atoms with Crippen molar-refractivity contribution in [3.8, 4) is 0 Å². The van der Waals surface area contributed by atoms with E-state index in [9.17, 15) is 13.2 Å². The van der Waals surface area contributed by atoms with Crippen molar-refractivity contribution in [1.82, 2.24) is 0 Å². The zero-order valence-electron chi connectivity index (χ0n) is 33.1. The normalized spacial score (nSPS) is 12.6. The Morgan fingerprint density at radius 2 is 0.589 bits per heavy atom. The molecule has 6 aromatic carbocycles. The molecule has 0 spiro atoms. The molecule has 6 aromatic rings. The lowest BCUT2D eigenvalue weighted by Crippen LogP contribution is -2.11. The maximum absolute atomic E-state index is 12.8. The second-order valence-corrected chi connectivity index (χ2v) is 16.4. The Hall–Kier alpha value is -5.87. The molecule has 0 heterocycles. The fourth-order valence-corrected chi connectivity index (χ4v) is 6.39. The number of hydrogen-bond donors (Lipinski definition) is 0. The fraction of sp³-hybridized carbons (Fsp3) is 0.192. The van der Waals surface area contributed by atoms with Gasteiger partial charge in [0.15, 0.2) is 0 Å². The van der Waals surface area contributed by atoms with Gasteiger partial charge in [0, 0.05) is 17.1 Å². The maximum atomic E-state index is 12.8. The maximum Gasteiger partial charge on any atom is 0.393 e. The van der Waals surface area contributed by atoms with Crippen molar-refractivity contribution in [3.05, 3.63) is 196 Å². The van der Waals surface area contributed by atoms with E-state index in [-0.39, 0.29) is 16.4 Å². The summed E-state index contributed by atoms with van der Waals surface area (Å²) in [5, 5.41) is 0. The molecule has 0 saturated heterocycles. The van der Waals surface area contributed by atoms with Gasteiger partial charge in [-0.15, -0.1) is 0 Å². The summed E-state index contributed by atoms with van der Waals surface area (Å²) in [6.07, 6.45) is 7.33. The van der Waals surface area contributed by atoms with Gasteiger partial charge in [0.05, 0.1) is 6.42 Å². The number of hydrogen-bond acceptors (Lipinski definition) is 1. The molecule has 0 fully saturated rings. The van der Waals surface area contributed by atoms with Crippen molar-refractivity contribution >= 4 is 53.5 Å². The minimum atomic E-state index is -4.22. The highest BCUT2D eigenvalue weighted by Gasteiger charge is 2.27. The topological polar surface area (TPSA) is 3.24 Å². The number of benzene rings is 6. The van der Waals surface area contributed by atoms with Crippen LogP contribution < -0.4 is 4.90 Å². The second kappa shape index (κ2) is 16.9. The molecule has 0 aliphatic heterocycles. The summed E-state index contributed by atoms with van der Waals surface area (Å²) < 4.78 is 38.4. The van der Waals surface area contributed by atoms with E-state index in [1.165, 1.54) is 23.3 Å². The third-order valence-corrected chi connectivity index (χ3v) is 9.80. The minimum Gasteiger partial charge on any atom is -0.311 e. The zero-order chi connectivity index (χ0) is 39.9. The molecule has 0 aromatic heterocycles. The van der Waals surface area contributed by atoms with Crippen LogP contribution in [0.15, 0.2) is 146 Å². The third-order valence-electron chi connectivity index (χ3n) is 9.80. The van der Waals surface area contributed by atoms with Crippen LogP contribution in [0.2, 0.25) is 0 Å². The molecule has 0 atom stereocenters. The molecule has 0 N–H and O–H groups in total. The van der Waals surface area contributed by atoms with Gasteiger partial charge >= 0.3 is 6.18 Å². The first-order chi connectivity index (χ1) is 26.6. The lowest BCUT2D eigenvalue weighted by Gasteiger charge is -2.26. The average molecular weight is 746 g/mol. The number of halogens is 3. The molecule has 0 aliphatic rings. The van der Waals surface area contributed by atoms with Gasteiger partial charge < -0.3 is 4.90 Å². The van der Waals surface area contributed by atoms with E-state index in [1.54, 1.807) is 12.1 Å². The Labute approximate surface area is 331 Å². The summed E-state index contributed by atoms with van der Waals surface area (Å²) >= 11 is 0. The molecule has 0 saturated carbocycles. The molecule has 0 unspecified atom stereocenters. The van der Waals surface area contributed by atoms with Crippen LogP contribution in [0.3, 0.4) is 0 Å². The Morgan fingerprint density at radius 1 is 0.357 bits per heavy atom. The lowest BCUT2D eigenvalue weighted by molar-refractivity contribution is -0.127. The van der Waals surface area contributed by atoms with Crippen LogP contribution >= 0.6 is 0 Å². The molecule has 6 rings (SSSR count). The van der Waals surface area contributed by atoms with Crippen molar-refractivity contribution in [2.75, 3.05) is 4.90 Å². The number of anilines is 3. The van der Waals surface area contributed by atoms with Crippen molar-refractivity contribution in [3.63, 3.8) is 0 Å². The summed E-state index contributed by atoms with van der Waals surface area (Å²) in [6.45, 7) is 13.4. The summed E-state index contributed by atoms with van der Waals surface area (Å²) in [6, 6.07) is 49.4. The fourth-order valence-electron chi connectivity index (χ4n) is 6.39. The number of rotatable bonds is 10. The van der Waals surface area contributed by atoms with Crippen molar-refractivity contribution in [2.24, 2.45) is 0 Å². The predicted octanol–water partition coefficient (Wildman–Crippen LogP) is 15.4. The van der Waals surface area contributed by atoms with Gasteiger partial charge in [-0.05, 0) is 97.3 Å². The lowest BCUT2D eigenvalue weighted by atomic mass is 9.87. The Bertz CT molecular complexity index is 2150. The van der Waals surface area contributed by atoms with Gasteiger partial charge in [0.2, 0.25) is 0 Å². The van der Waals surface area contributed by atoms with Crippen molar-refractivity contribution < 1.29 is 13.2 Å². The molecule has 0 amide bonds. The van der Waals surface area contributed by atoms with Gasteiger partial charge in [-0.3, -0.25) is 0 Å². The van der Waals surface area contributed by atoms with Crippen LogP contribution in [-0.2, 0) is 17.3 Å². The molecule has 4 heteroatoms. The first kappa shape index (κ1) is 39.8. The first-order valence-electron chi connectivity index (χ1n) is 19.1. The quantitative estimate of drug-likeness (QED) is 0.126. The van der Waals surface area contributed by atoms with Crippen LogP contribution in [0.5, 0.6) is 0 Å².